The van der Waals surface area contributed by atoms with Crippen molar-refractivity contribution in [3.8, 4) is 0 Å². The van der Waals surface area contributed by atoms with Gasteiger partial charge in [0, 0.05) is 6.54 Å². The number of benzene rings is 1. The van der Waals surface area contributed by atoms with E-state index in [-0.39, 0.29) is 0 Å². The van der Waals surface area contributed by atoms with Gasteiger partial charge in [0.2, 0.25) is 0 Å². The average Bonchev–Trinajstić information content (AvgIpc) is 2.35. The van der Waals surface area contributed by atoms with Gasteiger partial charge >= 0.3 is 12.0 Å². The van der Waals surface area contributed by atoms with E-state index in [1.165, 1.54) is 0 Å². The molecule has 5 nitrogen and oxygen atoms in total. The second kappa shape index (κ2) is 6.64. The van der Waals surface area contributed by atoms with E-state index in [1.807, 2.05) is 31.2 Å². The monoisotopic (exact) mass is 250 g/mol. The van der Waals surface area contributed by atoms with Crippen LogP contribution in [-0.2, 0) is 11.3 Å². The van der Waals surface area contributed by atoms with Crippen LogP contribution < -0.4 is 10.6 Å². The zero-order chi connectivity index (χ0) is 13.5. The molecule has 0 spiro atoms. The maximum atomic E-state index is 11.5. The van der Waals surface area contributed by atoms with Crippen LogP contribution in [0.2, 0.25) is 0 Å². The van der Waals surface area contributed by atoms with E-state index in [9.17, 15) is 9.59 Å². The van der Waals surface area contributed by atoms with E-state index in [0.29, 0.717) is 13.0 Å². The molecule has 0 aliphatic rings. The molecular formula is C13H18N2O3. The molecule has 0 fully saturated rings. The number of hydrogen-bond donors (Lipinski definition) is 3. The quantitative estimate of drug-likeness (QED) is 0.743. The van der Waals surface area contributed by atoms with E-state index in [2.05, 4.69) is 10.6 Å². The van der Waals surface area contributed by atoms with Crippen molar-refractivity contribution in [2.45, 2.75) is 32.9 Å². The number of carboxylic acids is 1. The highest BCUT2D eigenvalue weighted by molar-refractivity contribution is 5.82. The lowest BCUT2D eigenvalue weighted by Crippen LogP contribution is -2.45. The van der Waals surface area contributed by atoms with E-state index in [1.54, 1.807) is 6.92 Å². The molecule has 1 rings (SSSR count). The molecule has 0 aromatic heterocycles. The predicted octanol–water partition coefficient (Wildman–Crippen LogP) is 1.66. The molecule has 5 heteroatoms. The molecule has 0 aliphatic heterocycles. The molecule has 18 heavy (non-hydrogen) atoms. The highest BCUT2D eigenvalue weighted by Gasteiger charge is 2.16. The van der Waals surface area contributed by atoms with E-state index in [4.69, 9.17) is 5.11 Å². The van der Waals surface area contributed by atoms with Gasteiger partial charge < -0.3 is 15.7 Å². The lowest BCUT2D eigenvalue weighted by atomic mass is 10.1. The molecule has 98 valence electrons. The van der Waals surface area contributed by atoms with Crippen molar-refractivity contribution in [2.24, 2.45) is 0 Å². The van der Waals surface area contributed by atoms with Crippen molar-refractivity contribution < 1.29 is 14.7 Å². The minimum absolute atomic E-state index is 0.354. The third-order valence-corrected chi connectivity index (χ3v) is 2.59. The summed E-state index contributed by atoms with van der Waals surface area (Å²) in [5.74, 6) is -1.03. The van der Waals surface area contributed by atoms with Crippen LogP contribution in [0.3, 0.4) is 0 Å². The molecule has 3 N–H and O–H groups in total. The second-order valence-electron chi connectivity index (χ2n) is 4.11. The Morgan fingerprint density at radius 3 is 2.39 bits per heavy atom. The van der Waals surface area contributed by atoms with Gasteiger partial charge in [0.15, 0.2) is 0 Å². The summed E-state index contributed by atoms with van der Waals surface area (Å²) in [7, 11) is 0. The number of carboxylic acid groups (broad SMARTS) is 1. The molecule has 2 amide bonds. The first-order valence-corrected chi connectivity index (χ1v) is 5.85. The normalized spacial score (nSPS) is 11.7. The van der Waals surface area contributed by atoms with E-state index in [0.717, 1.165) is 11.1 Å². The van der Waals surface area contributed by atoms with Crippen LogP contribution in [0.4, 0.5) is 4.79 Å². The van der Waals surface area contributed by atoms with Crippen LogP contribution in [0.15, 0.2) is 24.3 Å². The number of rotatable bonds is 5. The Balaban J connectivity index is 2.41. The van der Waals surface area contributed by atoms with Crippen molar-refractivity contribution in [3.05, 3.63) is 35.4 Å². The Labute approximate surface area is 106 Å². The molecular weight excluding hydrogens is 232 g/mol. The maximum Gasteiger partial charge on any atom is 0.326 e. The third kappa shape index (κ3) is 4.45. The number of nitrogens with one attached hydrogen (secondary N) is 2. The zero-order valence-electron chi connectivity index (χ0n) is 10.6. The van der Waals surface area contributed by atoms with Crippen LogP contribution in [0.1, 0.15) is 24.5 Å². The number of aliphatic carboxylic acids is 1. The largest absolute Gasteiger partial charge is 0.480 e. The van der Waals surface area contributed by atoms with E-state index < -0.39 is 18.0 Å². The number of amides is 2. The van der Waals surface area contributed by atoms with Crippen LogP contribution in [-0.4, -0.2) is 23.1 Å². The number of urea groups is 1. The highest BCUT2D eigenvalue weighted by Crippen LogP contribution is 2.02. The first-order chi connectivity index (χ1) is 8.52. The molecule has 1 aromatic rings. The van der Waals surface area contributed by atoms with E-state index >= 15 is 0 Å². The molecule has 1 aromatic carbocycles. The molecule has 1 atom stereocenters. The summed E-state index contributed by atoms with van der Waals surface area (Å²) >= 11 is 0. The predicted molar refractivity (Wildman–Crippen MR) is 68.3 cm³/mol. The third-order valence-electron chi connectivity index (χ3n) is 2.59. The molecule has 0 saturated heterocycles. The number of hydrogen-bond acceptors (Lipinski definition) is 2. The minimum Gasteiger partial charge on any atom is -0.480 e. The summed E-state index contributed by atoms with van der Waals surface area (Å²) in [6.45, 7) is 4.07. The molecule has 0 unspecified atom stereocenters. The standard InChI is InChI=1S/C13H18N2O3/c1-3-11(12(16)17)15-13(18)14-8-10-6-4-9(2)5-7-10/h4-7,11H,3,8H2,1-2H3,(H,16,17)(H2,14,15,18)/t11-/m0/s1. The summed E-state index contributed by atoms with van der Waals surface area (Å²) < 4.78 is 0. The van der Waals surface area contributed by atoms with Crippen molar-refractivity contribution >= 4 is 12.0 Å². The van der Waals surface area contributed by atoms with Crippen molar-refractivity contribution in [1.82, 2.24) is 10.6 Å². The van der Waals surface area contributed by atoms with Gasteiger partial charge in [-0.25, -0.2) is 9.59 Å². The van der Waals surface area contributed by atoms with Crippen molar-refractivity contribution in [1.29, 1.82) is 0 Å². The van der Waals surface area contributed by atoms with Gasteiger partial charge in [-0.1, -0.05) is 36.8 Å². The van der Waals surface area contributed by atoms with Crippen LogP contribution in [0.5, 0.6) is 0 Å². The number of carbonyl (C=O) groups is 2. The summed E-state index contributed by atoms with van der Waals surface area (Å²) in [6, 6.07) is 6.45. The van der Waals surface area contributed by atoms with Gasteiger partial charge in [0.05, 0.1) is 0 Å². The number of aryl methyl sites for hydroxylation is 1. The maximum absolute atomic E-state index is 11.5. The van der Waals surface area contributed by atoms with Crippen molar-refractivity contribution in [3.63, 3.8) is 0 Å². The zero-order valence-corrected chi connectivity index (χ0v) is 10.6. The molecule has 0 bridgehead atoms. The smallest absolute Gasteiger partial charge is 0.326 e. The van der Waals surface area contributed by atoms with Crippen LogP contribution >= 0.6 is 0 Å². The first-order valence-electron chi connectivity index (χ1n) is 5.85. The molecule has 0 radical (unpaired) electrons. The Morgan fingerprint density at radius 1 is 1.28 bits per heavy atom. The Bertz CT molecular complexity index is 415. The minimum atomic E-state index is -1.03. The van der Waals surface area contributed by atoms with Gasteiger partial charge in [0.25, 0.3) is 0 Å². The lowest BCUT2D eigenvalue weighted by Gasteiger charge is -2.13. The Hall–Kier alpha value is -2.04. The van der Waals surface area contributed by atoms with Crippen LogP contribution in [0, 0.1) is 6.92 Å². The van der Waals surface area contributed by atoms with Crippen molar-refractivity contribution in [2.75, 3.05) is 0 Å². The molecule has 0 saturated carbocycles. The Kier molecular flexibility index (Phi) is 5.17. The number of carbonyl (C=O) groups excluding carboxylic acids is 1. The fourth-order valence-corrected chi connectivity index (χ4v) is 1.44. The van der Waals surface area contributed by atoms with Crippen LogP contribution in [0.25, 0.3) is 0 Å². The summed E-state index contributed by atoms with van der Waals surface area (Å²) in [4.78, 5) is 22.2. The fourth-order valence-electron chi connectivity index (χ4n) is 1.44. The van der Waals surface area contributed by atoms with Gasteiger partial charge in [-0.2, -0.15) is 0 Å². The van der Waals surface area contributed by atoms with Gasteiger partial charge in [-0.3, -0.25) is 0 Å². The highest BCUT2D eigenvalue weighted by atomic mass is 16.4. The van der Waals surface area contributed by atoms with Gasteiger partial charge in [-0.15, -0.1) is 0 Å². The average molecular weight is 250 g/mol. The lowest BCUT2D eigenvalue weighted by molar-refractivity contribution is -0.139. The Morgan fingerprint density at radius 2 is 1.89 bits per heavy atom. The molecule has 0 aliphatic carbocycles. The fraction of sp³-hybridized carbons (Fsp3) is 0.385. The topological polar surface area (TPSA) is 78.4 Å². The SMILES string of the molecule is CC[C@H](NC(=O)NCc1ccc(C)cc1)C(=O)O. The van der Waals surface area contributed by atoms with Gasteiger partial charge in [0.1, 0.15) is 6.04 Å². The summed E-state index contributed by atoms with van der Waals surface area (Å²) in [5, 5.41) is 13.8. The summed E-state index contributed by atoms with van der Waals surface area (Å²) in [5.41, 5.74) is 2.12. The summed E-state index contributed by atoms with van der Waals surface area (Å²) in [6.07, 6.45) is 0.354. The second-order valence-corrected chi connectivity index (χ2v) is 4.11. The molecule has 0 heterocycles. The first kappa shape index (κ1) is 14.0. The van der Waals surface area contributed by atoms with Gasteiger partial charge in [-0.05, 0) is 18.9 Å².